The second kappa shape index (κ2) is 3.81. The summed E-state index contributed by atoms with van der Waals surface area (Å²) in [6.07, 6.45) is 3.15. The topological polar surface area (TPSA) is 54.5 Å². The van der Waals surface area contributed by atoms with Crippen LogP contribution in [0.1, 0.15) is 39.5 Å². The van der Waals surface area contributed by atoms with Gasteiger partial charge >= 0.3 is 0 Å². The van der Waals surface area contributed by atoms with Crippen molar-refractivity contribution in [2.75, 3.05) is 13.1 Å². The van der Waals surface area contributed by atoms with Crippen molar-refractivity contribution in [1.82, 2.24) is 4.31 Å². The number of carbonyl (C=O) groups is 1. The van der Waals surface area contributed by atoms with Gasteiger partial charge in [0.15, 0.2) is 5.78 Å². The highest BCUT2D eigenvalue weighted by Gasteiger charge is 2.42. The van der Waals surface area contributed by atoms with Crippen LogP contribution in [0.15, 0.2) is 0 Å². The van der Waals surface area contributed by atoms with Crippen molar-refractivity contribution in [2.24, 2.45) is 5.41 Å². The summed E-state index contributed by atoms with van der Waals surface area (Å²) in [5.41, 5.74) is -0.356. The number of hydrogen-bond donors (Lipinski definition) is 0. The van der Waals surface area contributed by atoms with Crippen molar-refractivity contribution in [3.05, 3.63) is 0 Å². The van der Waals surface area contributed by atoms with Crippen LogP contribution in [0, 0.1) is 5.41 Å². The molecule has 2 fully saturated rings. The lowest BCUT2D eigenvalue weighted by molar-refractivity contribution is -0.130. The molecule has 0 aromatic heterocycles. The highest BCUT2D eigenvalue weighted by Crippen LogP contribution is 2.33. The summed E-state index contributed by atoms with van der Waals surface area (Å²) in [6, 6.07) is 0. The zero-order valence-corrected chi connectivity index (χ0v) is 10.7. The van der Waals surface area contributed by atoms with Crippen molar-refractivity contribution < 1.29 is 13.2 Å². The smallest absolute Gasteiger partial charge is 0.217 e. The zero-order valence-electron chi connectivity index (χ0n) is 9.90. The molecule has 1 saturated heterocycles. The number of carbonyl (C=O) groups excluding carboxylic acids is 1. The number of nitrogens with zero attached hydrogens (tertiary/aromatic N) is 1. The third kappa shape index (κ3) is 1.91. The number of ketones is 1. The van der Waals surface area contributed by atoms with Gasteiger partial charge in [-0.1, -0.05) is 20.3 Å². The Morgan fingerprint density at radius 1 is 1.31 bits per heavy atom. The minimum Gasteiger partial charge on any atom is -0.298 e. The van der Waals surface area contributed by atoms with Gasteiger partial charge in [-0.05, 0) is 19.3 Å². The van der Waals surface area contributed by atoms with Gasteiger partial charge in [0.1, 0.15) is 0 Å². The average molecular weight is 245 g/mol. The van der Waals surface area contributed by atoms with E-state index in [1.807, 2.05) is 13.8 Å². The minimum absolute atomic E-state index is 0.0432. The highest BCUT2D eigenvalue weighted by atomic mass is 32.2. The Labute approximate surface area is 97.1 Å². The summed E-state index contributed by atoms with van der Waals surface area (Å²) in [6.45, 7) is 4.36. The predicted octanol–water partition coefficient (Wildman–Crippen LogP) is 1.17. The lowest BCUT2D eigenvalue weighted by atomic mass is 9.82. The Bertz CT molecular complexity index is 395. The van der Waals surface area contributed by atoms with Gasteiger partial charge in [-0.2, -0.15) is 4.31 Å². The van der Waals surface area contributed by atoms with E-state index in [1.54, 1.807) is 0 Å². The van der Waals surface area contributed by atoms with Crippen molar-refractivity contribution >= 4 is 15.8 Å². The Kier molecular flexibility index (Phi) is 2.87. The summed E-state index contributed by atoms with van der Waals surface area (Å²) in [4.78, 5) is 11.8. The third-order valence-corrected chi connectivity index (χ3v) is 6.24. The Hall–Kier alpha value is -0.420. The molecule has 1 saturated carbocycles. The molecule has 0 amide bonds. The molecule has 0 N–H and O–H groups in total. The molecule has 2 rings (SSSR count). The summed E-state index contributed by atoms with van der Waals surface area (Å²) in [7, 11) is -3.20. The van der Waals surface area contributed by atoms with Crippen LogP contribution >= 0.6 is 0 Å². The monoisotopic (exact) mass is 245 g/mol. The van der Waals surface area contributed by atoms with Crippen LogP contribution in [-0.2, 0) is 14.8 Å². The van der Waals surface area contributed by atoms with E-state index >= 15 is 0 Å². The van der Waals surface area contributed by atoms with E-state index in [4.69, 9.17) is 0 Å². The number of sulfonamides is 1. The fraction of sp³-hybridized carbons (Fsp3) is 0.909. The first-order valence-corrected chi connectivity index (χ1v) is 7.37. The molecule has 16 heavy (non-hydrogen) atoms. The van der Waals surface area contributed by atoms with E-state index in [2.05, 4.69) is 0 Å². The molecule has 4 nitrogen and oxygen atoms in total. The molecule has 92 valence electrons. The van der Waals surface area contributed by atoms with Gasteiger partial charge < -0.3 is 0 Å². The normalized spacial score (nSPS) is 27.8. The number of rotatable bonds is 2. The van der Waals surface area contributed by atoms with Crippen LogP contribution in [-0.4, -0.2) is 36.8 Å². The molecule has 1 aliphatic heterocycles. The average Bonchev–Trinajstić information content (AvgIpc) is 2.05. The molecular weight excluding hydrogens is 226 g/mol. The summed E-state index contributed by atoms with van der Waals surface area (Å²) < 4.78 is 25.6. The first kappa shape index (κ1) is 12.0. The van der Waals surface area contributed by atoms with E-state index < -0.39 is 10.0 Å². The van der Waals surface area contributed by atoms with E-state index in [9.17, 15) is 13.2 Å². The molecular formula is C11H19NO3S. The molecule has 0 unspecified atom stereocenters. The van der Waals surface area contributed by atoms with E-state index in [0.29, 0.717) is 13.0 Å². The molecule has 1 heterocycles. The molecule has 0 atom stereocenters. The molecule has 0 radical (unpaired) electrons. The second-order valence-corrected chi connectivity index (χ2v) is 7.70. The number of Topliss-reactive ketones (excluding diaryl/α,β-unsaturated/α-hetero) is 1. The van der Waals surface area contributed by atoms with Crippen LogP contribution in [0.4, 0.5) is 0 Å². The number of hydrogen-bond acceptors (Lipinski definition) is 3. The number of piperidine rings is 1. The van der Waals surface area contributed by atoms with Gasteiger partial charge in [0.05, 0.1) is 11.8 Å². The minimum atomic E-state index is -3.20. The standard InChI is InChI=1S/C11H19NO3S/c1-11(2)6-7-12(8-10(11)13)16(14,15)9-4-3-5-9/h9H,3-8H2,1-2H3. The summed E-state index contributed by atoms with van der Waals surface area (Å²) >= 11 is 0. The highest BCUT2D eigenvalue weighted by molar-refractivity contribution is 7.89. The van der Waals surface area contributed by atoms with Crippen LogP contribution in [0.3, 0.4) is 0 Å². The van der Waals surface area contributed by atoms with Crippen molar-refractivity contribution in [2.45, 2.75) is 44.8 Å². The molecule has 0 aromatic rings. The van der Waals surface area contributed by atoms with Crippen LogP contribution in [0.2, 0.25) is 0 Å². The quantitative estimate of drug-likeness (QED) is 0.734. The Morgan fingerprint density at radius 3 is 2.38 bits per heavy atom. The third-order valence-electron chi connectivity index (χ3n) is 3.89. The maximum Gasteiger partial charge on any atom is 0.217 e. The van der Waals surface area contributed by atoms with Crippen molar-refractivity contribution in [1.29, 1.82) is 0 Å². The fourth-order valence-corrected chi connectivity index (χ4v) is 4.09. The largest absolute Gasteiger partial charge is 0.298 e. The lowest BCUT2D eigenvalue weighted by Gasteiger charge is -2.38. The maximum atomic E-state index is 12.1. The van der Waals surface area contributed by atoms with E-state index in [-0.39, 0.29) is 23.0 Å². The second-order valence-electron chi connectivity index (χ2n) is 5.49. The first-order chi connectivity index (χ1) is 7.34. The first-order valence-electron chi connectivity index (χ1n) is 5.86. The Balaban J connectivity index is 2.10. The molecule has 0 spiro atoms. The predicted molar refractivity (Wildman–Crippen MR) is 61.5 cm³/mol. The molecule has 0 aromatic carbocycles. The SMILES string of the molecule is CC1(C)CCN(S(=O)(=O)C2CCC2)CC1=O. The van der Waals surface area contributed by atoms with Crippen LogP contribution in [0.25, 0.3) is 0 Å². The Morgan fingerprint density at radius 2 is 1.94 bits per heavy atom. The summed E-state index contributed by atoms with van der Waals surface area (Å²) in [5.74, 6) is 0.0432. The van der Waals surface area contributed by atoms with Crippen molar-refractivity contribution in [3.63, 3.8) is 0 Å². The molecule has 0 bridgehead atoms. The lowest BCUT2D eigenvalue weighted by Crippen LogP contribution is -2.51. The van der Waals surface area contributed by atoms with Gasteiger partial charge in [0.2, 0.25) is 10.0 Å². The fourth-order valence-electron chi connectivity index (χ4n) is 2.09. The van der Waals surface area contributed by atoms with Gasteiger partial charge in [-0.3, -0.25) is 4.79 Å². The summed E-state index contributed by atoms with van der Waals surface area (Å²) in [5, 5.41) is -0.221. The zero-order chi connectivity index (χ0) is 12.0. The van der Waals surface area contributed by atoms with Gasteiger partial charge in [-0.15, -0.1) is 0 Å². The molecule has 5 heteroatoms. The van der Waals surface area contributed by atoms with Crippen molar-refractivity contribution in [3.8, 4) is 0 Å². The van der Waals surface area contributed by atoms with Gasteiger partial charge in [0, 0.05) is 12.0 Å². The van der Waals surface area contributed by atoms with Gasteiger partial charge in [-0.25, -0.2) is 8.42 Å². The van der Waals surface area contributed by atoms with E-state index in [0.717, 1.165) is 19.3 Å². The van der Waals surface area contributed by atoms with E-state index in [1.165, 1.54) is 4.31 Å². The maximum absolute atomic E-state index is 12.1. The molecule has 2 aliphatic rings. The van der Waals surface area contributed by atoms with Crippen LogP contribution in [0.5, 0.6) is 0 Å². The van der Waals surface area contributed by atoms with Gasteiger partial charge in [0.25, 0.3) is 0 Å². The van der Waals surface area contributed by atoms with Crippen LogP contribution < -0.4 is 0 Å². The molecule has 1 aliphatic carbocycles.